The molecule has 3 aromatic carbocycles. The van der Waals surface area contributed by atoms with Crippen LogP contribution in [0.4, 0.5) is 18.9 Å². The van der Waals surface area contributed by atoms with Crippen molar-refractivity contribution in [3.05, 3.63) is 113 Å². The normalized spacial score (nSPS) is 12.5. The maximum atomic E-state index is 13.7. The summed E-state index contributed by atoms with van der Waals surface area (Å²) in [5, 5.41) is 25.9. The third kappa shape index (κ3) is 7.64. The van der Waals surface area contributed by atoms with Gasteiger partial charge in [-0.3, -0.25) is 9.69 Å². The summed E-state index contributed by atoms with van der Waals surface area (Å²) in [7, 11) is 0. The minimum absolute atomic E-state index is 0.120. The number of anilines is 1. The predicted octanol–water partition coefficient (Wildman–Crippen LogP) is 5.86. The first kappa shape index (κ1) is 31.0. The molecule has 1 amide bonds. The second kappa shape index (κ2) is 14.3. The summed E-state index contributed by atoms with van der Waals surface area (Å²) in [6.07, 6.45) is -2.07. The molecular weight excluding hydrogens is 545 g/mol. The summed E-state index contributed by atoms with van der Waals surface area (Å²) in [4.78, 5) is 15.4. The van der Waals surface area contributed by atoms with E-state index >= 15 is 0 Å². The van der Waals surface area contributed by atoms with Gasteiger partial charge in [0.2, 0.25) is 0 Å². The van der Waals surface area contributed by atoms with Crippen molar-refractivity contribution in [3.63, 3.8) is 0 Å². The Morgan fingerprint density at radius 3 is 2.29 bits per heavy atom. The van der Waals surface area contributed by atoms with Crippen molar-refractivity contribution in [2.45, 2.75) is 38.4 Å². The summed E-state index contributed by atoms with van der Waals surface area (Å²) >= 11 is 0. The topological polar surface area (TPSA) is 90.6 Å². The Bertz CT molecular complexity index is 1450. The molecule has 0 aliphatic carbocycles. The van der Waals surface area contributed by atoms with E-state index in [4.69, 9.17) is 0 Å². The molecule has 0 fully saturated rings. The monoisotopic (exact) mass is 580 g/mol. The fourth-order valence-corrected chi connectivity index (χ4v) is 4.96. The van der Waals surface area contributed by atoms with E-state index < -0.39 is 17.8 Å². The molecule has 4 rings (SSSR count). The first-order valence-electron chi connectivity index (χ1n) is 13.9. The molecule has 1 aromatic heterocycles. The number of alkyl halides is 3. The van der Waals surface area contributed by atoms with Gasteiger partial charge in [-0.25, -0.2) is 4.68 Å². The molecule has 10 heteroatoms. The third-order valence-corrected chi connectivity index (χ3v) is 6.92. The lowest BCUT2D eigenvalue weighted by atomic mass is 9.96. The minimum Gasteiger partial charge on any atom is -0.395 e. The third-order valence-electron chi connectivity index (χ3n) is 6.92. The number of hydrogen-bond donors (Lipinski definition) is 3. The summed E-state index contributed by atoms with van der Waals surface area (Å²) in [6.45, 7) is 2.42. The van der Waals surface area contributed by atoms with Gasteiger partial charge in [0.15, 0.2) is 5.69 Å². The summed E-state index contributed by atoms with van der Waals surface area (Å²) in [6, 6.07) is 24.0. The Hall–Kier alpha value is -3.99. The molecular formula is C32H35F3N4O3. The van der Waals surface area contributed by atoms with Gasteiger partial charge < -0.3 is 15.5 Å². The Labute approximate surface area is 243 Å². The molecule has 7 nitrogen and oxygen atoms in total. The highest BCUT2D eigenvalue weighted by atomic mass is 19.4. The van der Waals surface area contributed by atoms with Crippen molar-refractivity contribution < 1.29 is 28.2 Å². The molecule has 0 aliphatic heterocycles. The highest BCUT2D eigenvalue weighted by Gasteiger charge is 2.36. The Morgan fingerprint density at radius 2 is 1.62 bits per heavy atom. The van der Waals surface area contributed by atoms with E-state index in [1.807, 2.05) is 47.4 Å². The number of aliphatic hydroxyl groups is 2. The zero-order valence-corrected chi connectivity index (χ0v) is 23.4. The van der Waals surface area contributed by atoms with Crippen LogP contribution >= 0.6 is 0 Å². The smallest absolute Gasteiger partial charge is 0.395 e. The van der Waals surface area contributed by atoms with Crippen LogP contribution in [0, 0.1) is 0 Å². The zero-order chi connectivity index (χ0) is 30.1. The number of benzene rings is 3. The van der Waals surface area contributed by atoms with Crippen molar-refractivity contribution in [2.24, 2.45) is 0 Å². The van der Waals surface area contributed by atoms with Gasteiger partial charge in [0, 0.05) is 24.8 Å². The minimum atomic E-state index is -4.73. The number of amides is 1. The van der Waals surface area contributed by atoms with Gasteiger partial charge in [-0.15, -0.1) is 0 Å². The lowest BCUT2D eigenvalue weighted by Gasteiger charge is -2.32. The molecule has 0 saturated carbocycles. The first-order chi connectivity index (χ1) is 20.2. The second-order valence-corrected chi connectivity index (χ2v) is 9.97. The van der Waals surface area contributed by atoms with Gasteiger partial charge in [0.25, 0.3) is 5.91 Å². The number of aliphatic hydroxyl groups excluding tert-OH is 2. The van der Waals surface area contributed by atoms with Gasteiger partial charge in [0.1, 0.15) is 5.69 Å². The van der Waals surface area contributed by atoms with E-state index in [-0.39, 0.29) is 24.9 Å². The van der Waals surface area contributed by atoms with Crippen LogP contribution in [0.2, 0.25) is 0 Å². The Kier molecular flexibility index (Phi) is 10.5. The van der Waals surface area contributed by atoms with Gasteiger partial charge >= 0.3 is 6.18 Å². The van der Waals surface area contributed by atoms with Crippen molar-refractivity contribution in [3.8, 4) is 5.69 Å². The van der Waals surface area contributed by atoms with Crippen molar-refractivity contribution in [2.75, 3.05) is 31.6 Å². The quantitative estimate of drug-likeness (QED) is 0.184. The number of nitrogens with one attached hydrogen (secondary N) is 1. The van der Waals surface area contributed by atoms with Crippen LogP contribution in [0.15, 0.2) is 84.9 Å². The van der Waals surface area contributed by atoms with Crippen molar-refractivity contribution in [1.29, 1.82) is 0 Å². The maximum Gasteiger partial charge on any atom is 0.435 e. The SMILES string of the molecule is CCCCc1cccc(-n2nc(C(F)(F)F)cc2C(=O)Nc2cccc(C(c3ccccc3)N(CCO)CCO)c2)c1. The number of aromatic nitrogens is 2. The molecule has 1 atom stereocenters. The maximum absolute atomic E-state index is 13.7. The molecule has 42 heavy (non-hydrogen) atoms. The second-order valence-electron chi connectivity index (χ2n) is 9.97. The number of hydrogen-bond acceptors (Lipinski definition) is 5. The van der Waals surface area contributed by atoms with Crippen LogP contribution in [0.25, 0.3) is 5.69 Å². The highest BCUT2D eigenvalue weighted by molar-refractivity contribution is 6.03. The molecule has 0 bridgehead atoms. The molecule has 222 valence electrons. The number of carbonyl (C=O) groups excluding carboxylic acids is 1. The van der Waals surface area contributed by atoms with E-state index in [0.717, 1.165) is 46.7 Å². The predicted molar refractivity (Wildman–Crippen MR) is 156 cm³/mol. The van der Waals surface area contributed by atoms with E-state index in [1.165, 1.54) is 0 Å². The molecule has 0 radical (unpaired) electrons. The van der Waals surface area contributed by atoms with Crippen LogP contribution in [0.5, 0.6) is 0 Å². The fourth-order valence-electron chi connectivity index (χ4n) is 4.96. The number of halogens is 3. The van der Waals surface area contributed by atoms with E-state index in [2.05, 4.69) is 17.3 Å². The average molecular weight is 581 g/mol. The van der Waals surface area contributed by atoms with Crippen LogP contribution in [0.3, 0.4) is 0 Å². The van der Waals surface area contributed by atoms with Crippen LogP contribution in [-0.4, -0.2) is 57.1 Å². The van der Waals surface area contributed by atoms with Crippen LogP contribution in [-0.2, 0) is 12.6 Å². The number of nitrogens with zero attached hydrogens (tertiary/aromatic N) is 3. The number of carbonyl (C=O) groups is 1. The molecule has 0 saturated heterocycles. The van der Waals surface area contributed by atoms with E-state index in [9.17, 15) is 28.2 Å². The van der Waals surface area contributed by atoms with Gasteiger partial charge in [-0.1, -0.05) is 67.9 Å². The zero-order valence-electron chi connectivity index (χ0n) is 23.4. The highest BCUT2D eigenvalue weighted by Crippen LogP contribution is 2.32. The molecule has 4 aromatic rings. The summed E-state index contributed by atoms with van der Waals surface area (Å²) in [5.74, 6) is -0.743. The average Bonchev–Trinajstić information content (AvgIpc) is 3.44. The van der Waals surface area contributed by atoms with E-state index in [1.54, 1.807) is 36.4 Å². The number of unbranched alkanes of at least 4 members (excludes halogenated alkanes) is 1. The number of rotatable bonds is 13. The van der Waals surface area contributed by atoms with Crippen molar-refractivity contribution in [1.82, 2.24) is 14.7 Å². The van der Waals surface area contributed by atoms with Gasteiger partial charge in [-0.05, 0) is 53.8 Å². The van der Waals surface area contributed by atoms with Crippen LogP contribution in [0.1, 0.15) is 58.7 Å². The molecule has 3 N–H and O–H groups in total. The Morgan fingerprint density at radius 1 is 0.929 bits per heavy atom. The van der Waals surface area contributed by atoms with Gasteiger partial charge in [-0.2, -0.15) is 18.3 Å². The lowest BCUT2D eigenvalue weighted by Crippen LogP contribution is -2.34. The van der Waals surface area contributed by atoms with Crippen LogP contribution < -0.4 is 5.32 Å². The molecule has 0 spiro atoms. The Balaban J connectivity index is 1.69. The van der Waals surface area contributed by atoms with E-state index in [0.29, 0.717) is 24.5 Å². The number of aryl methyl sites for hydroxylation is 1. The fraction of sp³-hybridized carbons (Fsp3) is 0.312. The van der Waals surface area contributed by atoms with Crippen molar-refractivity contribution >= 4 is 11.6 Å². The molecule has 1 unspecified atom stereocenters. The molecule has 0 aliphatic rings. The standard InChI is InChI=1S/C32H35F3N4O3/c1-2-3-9-23-10-7-15-27(20-23)39-28(22-29(37-39)32(33,34)35)31(42)36-26-14-8-13-25(21-26)30(24-11-5-4-6-12-24)38(16-18-40)17-19-41/h4-8,10-15,20-22,30,40-41H,2-3,9,16-19H2,1H3,(H,36,42). The molecule has 1 heterocycles. The first-order valence-corrected chi connectivity index (χ1v) is 13.9. The summed E-state index contributed by atoms with van der Waals surface area (Å²) in [5.41, 5.74) is 1.97. The lowest BCUT2D eigenvalue weighted by molar-refractivity contribution is -0.141. The summed E-state index contributed by atoms with van der Waals surface area (Å²) < 4.78 is 42.1. The van der Waals surface area contributed by atoms with Gasteiger partial charge in [0.05, 0.1) is 24.9 Å². The largest absolute Gasteiger partial charge is 0.435 e.